The van der Waals surface area contributed by atoms with Crippen LogP contribution in [0.3, 0.4) is 0 Å². The summed E-state index contributed by atoms with van der Waals surface area (Å²) in [6.45, 7) is 0. The zero-order valence-corrected chi connectivity index (χ0v) is 9.76. The van der Waals surface area contributed by atoms with Crippen molar-refractivity contribution in [3.63, 3.8) is 0 Å². The van der Waals surface area contributed by atoms with Crippen LogP contribution in [0, 0.1) is 5.92 Å². The van der Waals surface area contributed by atoms with Crippen LogP contribution in [0.15, 0.2) is 10.7 Å². The number of carbonyl (C=O) groups excluding carboxylic acids is 1. The van der Waals surface area contributed by atoms with Gasteiger partial charge in [-0.15, -0.1) is 0 Å². The Morgan fingerprint density at radius 2 is 2.14 bits per heavy atom. The van der Waals surface area contributed by atoms with Crippen LogP contribution in [-0.2, 0) is 9.53 Å². The molecule has 3 heteroatoms. The van der Waals surface area contributed by atoms with E-state index in [0.29, 0.717) is 5.92 Å². The van der Waals surface area contributed by atoms with Gasteiger partial charge in [0.05, 0.1) is 0 Å². The lowest BCUT2D eigenvalue weighted by Gasteiger charge is -2.34. The van der Waals surface area contributed by atoms with Gasteiger partial charge in [-0.3, -0.25) is 4.79 Å². The number of halogens is 1. The van der Waals surface area contributed by atoms with Gasteiger partial charge >= 0.3 is 0 Å². The molecule has 1 unspecified atom stereocenters. The maximum atomic E-state index is 11.2. The monoisotopic (exact) mass is 258 g/mol. The van der Waals surface area contributed by atoms with Crippen LogP contribution >= 0.6 is 15.9 Å². The molecular weight excluding hydrogens is 244 g/mol. The van der Waals surface area contributed by atoms with Gasteiger partial charge in [-0.25, -0.2) is 0 Å². The molecule has 0 spiro atoms. The van der Waals surface area contributed by atoms with E-state index in [9.17, 15) is 4.79 Å². The first-order valence-electron chi connectivity index (χ1n) is 5.28. The smallest absolute Gasteiger partial charge is 0.171 e. The second-order valence-corrected chi connectivity index (χ2v) is 5.00. The number of ether oxygens (including phenoxy) is 1. The summed E-state index contributed by atoms with van der Waals surface area (Å²) in [6, 6.07) is 0. The molecule has 1 heterocycles. The summed E-state index contributed by atoms with van der Waals surface area (Å²) >= 11 is 3.30. The van der Waals surface area contributed by atoms with Crippen LogP contribution in [0.1, 0.15) is 38.5 Å². The van der Waals surface area contributed by atoms with Crippen molar-refractivity contribution in [1.82, 2.24) is 0 Å². The Hall–Kier alpha value is -0.310. The first-order valence-corrected chi connectivity index (χ1v) is 6.07. The van der Waals surface area contributed by atoms with E-state index < -0.39 is 5.60 Å². The molecule has 1 atom stereocenters. The zero-order valence-electron chi connectivity index (χ0n) is 8.17. The standard InChI is InChI=1S/C11H15BrO2/c12-10-6-7-11(8-13,14-10)9-4-2-1-3-5-9/h6,8-9H,1-5,7H2. The molecule has 1 aliphatic carbocycles. The van der Waals surface area contributed by atoms with E-state index in [2.05, 4.69) is 15.9 Å². The molecule has 78 valence electrons. The fraction of sp³-hybridized carbons (Fsp3) is 0.727. The Morgan fingerprint density at radius 1 is 1.43 bits per heavy atom. The van der Waals surface area contributed by atoms with E-state index >= 15 is 0 Å². The highest BCUT2D eigenvalue weighted by atomic mass is 79.9. The van der Waals surface area contributed by atoms with E-state index in [1.54, 1.807) is 0 Å². The second-order valence-electron chi connectivity index (χ2n) is 4.22. The summed E-state index contributed by atoms with van der Waals surface area (Å²) in [5, 5.41) is 0. The molecule has 0 radical (unpaired) electrons. The van der Waals surface area contributed by atoms with Gasteiger partial charge in [0, 0.05) is 12.3 Å². The molecule has 2 nitrogen and oxygen atoms in total. The van der Waals surface area contributed by atoms with Gasteiger partial charge in [-0.2, -0.15) is 0 Å². The third-order valence-corrected chi connectivity index (χ3v) is 3.85. The minimum atomic E-state index is -0.542. The summed E-state index contributed by atoms with van der Waals surface area (Å²) in [5.74, 6) is 0.417. The van der Waals surface area contributed by atoms with Crippen molar-refractivity contribution in [3.05, 3.63) is 10.7 Å². The van der Waals surface area contributed by atoms with Gasteiger partial charge in [-0.05, 0) is 34.8 Å². The van der Waals surface area contributed by atoms with Crippen molar-refractivity contribution in [2.45, 2.75) is 44.1 Å². The van der Waals surface area contributed by atoms with Gasteiger partial charge in [0.1, 0.15) is 0 Å². The maximum Gasteiger partial charge on any atom is 0.171 e. The normalized spacial score (nSPS) is 33.6. The molecule has 0 aromatic rings. The molecule has 0 amide bonds. The average molecular weight is 259 g/mol. The molecule has 0 saturated heterocycles. The van der Waals surface area contributed by atoms with Crippen molar-refractivity contribution in [1.29, 1.82) is 0 Å². The Balaban J connectivity index is 2.08. The molecule has 2 rings (SSSR count). The van der Waals surface area contributed by atoms with E-state index in [0.717, 1.165) is 30.2 Å². The van der Waals surface area contributed by atoms with Crippen molar-refractivity contribution in [3.8, 4) is 0 Å². The lowest BCUT2D eigenvalue weighted by Crippen LogP contribution is -2.40. The average Bonchev–Trinajstić information content (AvgIpc) is 2.63. The molecule has 0 N–H and O–H groups in total. The third-order valence-electron chi connectivity index (χ3n) is 3.36. The van der Waals surface area contributed by atoms with E-state index in [1.807, 2.05) is 6.08 Å². The third kappa shape index (κ3) is 1.74. The summed E-state index contributed by atoms with van der Waals surface area (Å²) < 4.78 is 6.38. The summed E-state index contributed by atoms with van der Waals surface area (Å²) in [7, 11) is 0. The summed E-state index contributed by atoms with van der Waals surface area (Å²) in [6.07, 6.45) is 9.75. The highest BCUT2D eigenvalue weighted by molar-refractivity contribution is 9.11. The van der Waals surface area contributed by atoms with Crippen LogP contribution in [0.25, 0.3) is 0 Å². The van der Waals surface area contributed by atoms with Crippen molar-refractivity contribution >= 4 is 22.2 Å². The van der Waals surface area contributed by atoms with E-state index in [4.69, 9.17) is 4.74 Å². The highest BCUT2D eigenvalue weighted by Crippen LogP contribution is 2.42. The number of rotatable bonds is 2. The second kappa shape index (κ2) is 4.05. The molecule has 2 aliphatic rings. The van der Waals surface area contributed by atoms with Gasteiger partial charge in [0.15, 0.2) is 16.6 Å². The number of carbonyl (C=O) groups is 1. The molecule has 1 aliphatic heterocycles. The summed E-state index contributed by atoms with van der Waals surface area (Å²) in [4.78, 5) is 11.2. The van der Waals surface area contributed by atoms with Crippen LogP contribution in [0.4, 0.5) is 0 Å². The Kier molecular flexibility index (Phi) is 2.96. The fourth-order valence-electron chi connectivity index (χ4n) is 2.51. The molecular formula is C11H15BrO2. The molecule has 0 aromatic carbocycles. The topological polar surface area (TPSA) is 26.3 Å². The first kappa shape index (κ1) is 10.2. The molecule has 0 bridgehead atoms. The SMILES string of the molecule is O=CC1(C2CCCCC2)CC=C(Br)O1. The van der Waals surface area contributed by atoms with Gasteiger partial charge in [-0.1, -0.05) is 19.3 Å². The quantitative estimate of drug-likeness (QED) is 0.712. The zero-order chi connectivity index (χ0) is 10.0. The Bertz CT molecular complexity index is 256. The lowest BCUT2D eigenvalue weighted by atomic mass is 9.76. The minimum absolute atomic E-state index is 0.417. The Morgan fingerprint density at radius 3 is 2.64 bits per heavy atom. The number of aldehydes is 1. The predicted molar refractivity (Wildman–Crippen MR) is 58.1 cm³/mol. The molecule has 1 fully saturated rings. The Labute approximate surface area is 92.8 Å². The largest absolute Gasteiger partial charge is 0.473 e. The van der Waals surface area contributed by atoms with Crippen molar-refractivity contribution in [2.75, 3.05) is 0 Å². The lowest BCUT2D eigenvalue weighted by molar-refractivity contribution is -0.130. The van der Waals surface area contributed by atoms with Gasteiger partial charge in [0.25, 0.3) is 0 Å². The maximum absolute atomic E-state index is 11.2. The molecule has 14 heavy (non-hydrogen) atoms. The number of hydrogen-bond donors (Lipinski definition) is 0. The van der Waals surface area contributed by atoms with Crippen molar-refractivity contribution in [2.24, 2.45) is 5.92 Å². The number of hydrogen-bond acceptors (Lipinski definition) is 2. The minimum Gasteiger partial charge on any atom is -0.473 e. The van der Waals surface area contributed by atoms with Crippen molar-refractivity contribution < 1.29 is 9.53 Å². The van der Waals surface area contributed by atoms with Gasteiger partial charge < -0.3 is 4.74 Å². The van der Waals surface area contributed by atoms with Crippen LogP contribution in [-0.4, -0.2) is 11.9 Å². The first-order chi connectivity index (χ1) is 6.77. The van der Waals surface area contributed by atoms with Crippen LogP contribution < -0.4 is 0 Å². The van der Waals surface area contributed by atoms with E-state index in [-0.39, 0.29) is 0 Å². The van der Waals surface area contributed by atoms with E-state index in [1.165, 1.54) is 19.3 Å². The predicted octanol–water partition coefficient (Wildman–Crippen LogP) is 3.16. The van der Waals surface area contributed by atoms with Gasteiger partial charge in [0.2, 0.25) is 0 Å². The fourth-order valence-corrected chi connectivity index (χ4v) is 2.98. The summed E-state index contributed by atoms with van der Waals surface area (Å²) in [5.41, 5.74) is -0.542. The molecule has 0 aromatic heterocycles. The molecule has 1 saturated carbocycles. The van der Waals surface area contributed by atoms with Crippen LogP contribution in [0.2, 0.25) is 0 Å². The highest BCUT2D eigenvalue weighted by Gasteiger charge is 2.43. The van der Waals surface area contributed by atoms with Crippen LogP contribution in [0.5, 0.6) is 0 Å².